The average Bonchev–Trinajstić information content (AvgIpc) is 2.42. The zero-order valence-electron chi connectivity index (χ0n) is 10.2. The van der Waals surface area contributed by atoms with Crippen LogP contribution >= 0.6 is 27.5 Å². The standard InChI is InChI=1S/C14H10BrClN2O2/c15-9-3-6-12(16)11(7-9)14(20)18-10-4-1-8(2-5-10)13(17)19/h1-7H,(H2,17,19)(H,18,20). The second kappa shape index (κ2) is 6.07. The smallest absolute Gasteiger partial charge is 0.257 e. The van der Waals surface area contributed by atoms with Gasteiger partial charge in [0, 0.05) is 15.7 Å². The van der Waals surface area contributed by atoms with Gasteiger partial charge in [0.1, 0.15) is 0 Å². The van der Waals surface area contributed by atoms with Crippen molar-refractivity contribution in [1.29, 1.82) is 0 Å². The number of hydrogen-bond donors (Lipinski definition) is 2. The van der Waals surface area contributed by atoms with Crippen molar-refractivity contribution in [2.75, 3.05) is 5.32 Å². The number of hydrogen-bond acceptors (Lipinski definition) is 2. The molecule has 0 saturated carbocycles. The first kappa shape index (κ1) is 14.6. The van der Waals surface area contributed by atoms with Crippen molar-refractivity contribution in [2.45, 2.75) is 0 Å². The first-order valence-corrected chi connectivity index (χ1v) is 6.81. The molecular weight excluding hydrogens is 344 g/mol. The Morgan fingerprint density at radius 1 is 1.10 bits per heavy atom. The van der Waals surface area contributed by atoms with Crippen molar-refractivity contribution < 1.29 is 9.59 Å². The van der Waals surface area contributed by atoms with Gasteiger partial charge >= 0.3 is 0 Å². The van der Waals surface area contributed by atoms with Crippen LogP contribution < -0.4 is 11.1 Å². The molecule has 2 aromatic rings. The van der Waals surface area contributed by atoms with Gasteiger partial charge in [-0.05, 0) is 42.5 Å². The largest absolute Gasteiger partial charge is 0.366 e. The number of carbonyl (C=O) groups is 2. The summed E-state index contributed by atoms with van der Waals surface area (Å²) in [4.78, 5) is 23.0. The monoisotopic (exact) mass is 352 g/mol. The van der Waals surface area contributed by atoms with E-state index in [0.29, 0.717) is 21.8 Å². The van der Waals surface area contributed by atoms with E-state index < -0.39 is 5.91 Å². The molecular formula is C14H10BrClN2O2. The van der Waals surface area contributed by atoms with Gasteiger partial charge in [-0.25, -0.2) is 0 Å². The second-order valence-corrected chi connectivity index (χ2v) is 5.34. The molecule has 0 aromatic heterocycles. The Morgan fingerprint density at radius 2 is 1.75 bits per heavy atom. The lowest BCUT2D eigenvalue weighted by molar-refractivity contribution is 0.0998. The van der Waals surface area contributed by atoms with E-state index in [1.54, 1.807) is 42.5 Å². The predicted octanol–water partition coefficient (Wildman–Crippen LogP) is 3.45. The van der Waals surface area contributed by atoms with E-state index in [1.165, 1.54) is 0 Å². The van der Waals surface area contributed by atoms with Gasteiger partial charge in [-0.15, -0.1) is 0 Å². The maximum absolute atomic E-state index is 12.1. The van der Waals surface area contributed by atoms with Crippen LogP contribution in [-0.2, 0) is 0 Å². The molecule has 0 fully saturated rings. The second-order valence-electron chi connectivity index (χ2n) is 4.02. The molecule has 0 unspecified atom stereocenters. The molecule has 102 valence electrons. The Kier molecular flexibility index (Phi) is 4.42. The summed E-state index contributed by atoms with van der Waals surface area (Å²) in [6, 6.07) is 11.3. The number of amides is 2. The lowest BCUT2D eigenvalue weighted by atomic mass is 10.1. The number of carbonyl (C=O) groups excluding carboxylic acids is 2. The van der Waals surface area contributed by atoms with E-state index >= 15 is 0 Å². The highest BCUT2D eigenvalue weighted by molar-refractivity contribution is 9.10. The van der Waals surface area contributed by atoms with Crippen LogP contribution in [0.5, 0.6) is 0 Å². The molecule has 0 aliphatic carbocycles. The Bertz CT molecular complexity index is 671. The van der Waals surface area contributed by atoms with E-state index in [4.69, 9.17) is 17.3 Å². The van der Waals surface area contributed by atoms with Crippen molar-refractivity contribution in [3.8, 4) is 0 Å². The van der Waals surface area contributed by atoms with E-state index in [-0.39, 0.29) is 5.91 Å². The molecule has 0 radical (unpaired) electrons. The molecule has 6 heteroatoms. The average molecular weight is 354 g/mol. The third kappa shape index (κ3) is 3.37. The van der Waals surface area contributed by atoms with E-state index in [2.05, 4.69) is 21.2 Å². The number of rotatable bonds is 3. The Hall–Kier alpha value is -1.85. The molecule has 4 nitrogen and oxygen atoms in total. The van der Waals surface area contributed by atoms with Crippen molar-refractivity contribution >= 4 is 45.0 Å². The van der Waals surface area contributed by atoms with Gasteiger partial charge in [0.25, 0.3) is 5.91 Å². The molecule has 0 aliphatic heterocycles. The Morgan fingerprint density at radius 3 is 2.35 bits per heavy atom. The normalized spacial score (nSPS) is 10.1. The topological polar surface area (TPSA) is 72.2 Å². The summed E-state index contributed by atoms with van der Waals surface area (Å²) < 4.78 is 0.760. The minimum atomic E-state index is -0.516. The van der Waals surface area contributed by atoms with Crippen LogP contribution in [0.15, 0.2) is 46.9 Å². The lowest BCUT2D eigenvalue weighted by Crippen LogP contribution is -2.13. The van der Waals surface area contributed by atoms with Gasteiger partial charge in [-0.3, -0.25) is 9.59 Å². The van der Waals surface area contributed by atoms with Crippen LogP contribution in [-0.4, -0.2) is 11.8 Å². The molecule has 2 rings (SSSR count). The fourth-order valence-electron chi connectivity index (χ4n) is 1.59. The summed E-state index contributed by atoms with van der Waals surface area (Å²) in [6.07, 6.45) is 0. The van der Waals surface area contributed by atoms with Crippen LogP contribution in [0.25, 0.3) is 0 Å². The molecule has 3 N–H and O–H groups in total. The molecule has 20 heavy (non-hydrogen) atoms. The molecule has 0 bridgehead atoms. The van der Waals surface area contributed by atoms with Crippen LogP contribution in [0.2, 0.25) is 5.02 Å². The summed E-state index contributed by atoms with van der Waals surface area (Å²) in [5.74, 6) is -0.846. The van der Waals surface area contributed by atoms with Crippen LogP contribution in [0.1, 0.15) is 20.7 Å². The predicted molar refractivity (Wildman–Crippen MR) is 82.1 cm³/mol. The maximum Gasteiger partial charge on any atom is 0.257 e. The number of nitrogens with one attached hydrogen (secondary N) is 1. The Balaban J connectivity index is 2.19. The van der Waals surface area contributed by atoms with Crippen LogP contribution in [0.3, 0.4) is 0 Å². The fourth-order valence-corrected chi connectivity index (χ4v) is 2.15. The van der Waals surface area contributed by atoms with E-state index in [9.17, 15) is 9.59 Å². The SMILES string of the molecule is NC(=O)c1ccc(NC(=O)c2cc(Br)ccc2Cl)cc1. The fraction of sp³-hybridized carbons (Fsp3) is 0. The first-order chi connectivity index (χ1) is 9.47. The molecule has 2 amide bonds. The van der Waals surface area contributed by atoms with Gasteiger partial charge in [-0.1, -0.05) is 27.5 Å². The quantitative estimate of drug-likeness (QED) is 0.887. The summed E-state index contributed by atoms with van der Waals surface area (Å²) in [7, 11) is 0. The minimum Gasteiger partial charge on any atom is -0.366 e. The molecule has 0 aliphatic rings. The summed E-state index contributed by atoms with van der Waals surface area (Å²) in [5, 5.41) is 3.06. The van der Waals surface area contributed by atoms with Gasteiger partial charge in [0.2, 0.25) is 5.91 Å². The number of anilines is 1. The summed E-state index contributed by atoms with van der Waals surface area (Å²) >= 11 is 9.27. The lowest BCUT2D eigenvalue weighted by Gasteiger charge is -2.07. The van der Waals surface area contributed by atoms with Crippen LogP contribution in [0, 0.1) is 0 Å². The van der Waals surface area contributed by atoms with Crippen molar-refractivity contribution in [3.63, 3.8) is 0 Å². The molecule has 0 spiro atoms. The highest BCUT2D eigenvalue weighted by atomic mass is 79.9. The van der Waals surface area contributed by atoms with Crippen molar-refractivity contribution in [1.82, 2.24) is 0 Å². The first-order valence-electron chi connectivity index (χ1n) is 5.63. The molecule has 2 aromatic carbocycles. The minimum absolute atomic E-state index is 0.330. The highest BCUT2D eigenvalue weighted by Crippen LogP contribution is 2.22. The third-order valence-electron chi connectivity index (χ3n) is 2.60. The van der Waals surface area contributed by atoms with Crippen molar-refractivity contribution in [2.24, 2.45) is 5.73 Å². The van der Waals surface area contributed by atoms with Crippen LogP contribution in [0.4, 0.5) is 5.69 Å². The molecule has 0 saturated heterocycles. The summed E-state index contributed by atoms with van der Waals surface area (Å²) in [6.45, 7) is 0. The van der Waals surface area contributed by atoms with Gasteiger partial charge in [0.15, 0.2) is 0 Å². The van der Waals surface area contributed by atoms with E-state index in [1.807, 2.05) is 0 Å². The maximum atomic E-state index is 12.1. The molecule has 0 atom stereocenters. The van der Waals surface area contributed by atoms with E-state index in [0.717, 1.165) is 4.47 Å². The summed E-state index contributed by atoms with van der Waals surface area (Å²) in [5.41, 5.74) is 6.43. The van der Waals surface area contributed by atoms with Gasteiger partial charge in [0.05, 0.1) is 10.6 Å². The third-order valence-corrected chi connectivity index (χ3v) is 3.42. The van der Waals surface area contributed by atoms with Gasteiger partial charge in [-0.2, -0.15) is 0 Å². The Labute approximate surface area is 129 Å². The zero-order valence-corrected chi connectivity index (χ0v) is 12.5. The number of nitrogens with two attached hydrogens (primary N) is 1. The molecule has 0 heterocycles. The number of halogens is 2. The number of primary amides is 1. The zero-order chi connectivity index (χ0) is 14.7. The number of benzene rings is 2. The van der Waals surface area contributed by atoms with Crippen molar-refractivity contribution in [3.05, 3.63) is 63.1 Å². The van der Waals surface area contributed by atoms with Gasteiger partial charge < -0.3 is 11.1 Å². The highest BCUT2D eigenvalue weighted by Gasteiger charge is 2.11.